The van der Waals surface area contributed by atoms with Crippen LogP contribution in [-0.4, -0.2) is 45.8 Å². The Morgan fingerprint density at radius 3 is 3.05 bits per heavy atom. The molecule has 1 unspecified atom stereocenters. The number of nitrogens with one attached hydrogen (secondary N) is 1. The molecule has 1 aromatic heterocycles. The van der Waals surface area contributed by atoms with Crippen LogP contribution in [0.25, 0.3) is 0 Å². The van der Waals surface area contributed by atoms with Crippen molar-refractivity contribution in [2.24, 2.45) is 0 Å². The van der Waals surface area contributed by atoms with Gasteiger partial charge in [-0.3, -0.25) is 4.79 Å². The zero-order chi connectivity index (χ0) is 13.7. The van der Waals surface area contributed by atoms with Crippen LogP contribution in [0.5, 0.6) is 0 Å². The second kappa shape index (κ2) is 6.33. The lowest BCUT2D eigenvalue weighted by molar-refractivity contribution is -0.123. The third-order valence-corrected chi connectivity index (χ3v) is 2.98. The summed E-state index contributed by atoms with van der Waals surface area (Å²) in [5.74, 6) is -1.09. The number of aromatic carboxylic acids is 1. The van der Waals surface area contributed by atoms with Gasteiger partial charge in [0.25, 0.3) is 0 Å². The third-order valence-electron chi connectivity index (χ3n) is 2.98. The number of carboxylic acid groups (broad SMARTS) is 1. The molecule has 104 valence electrons. The number of nitrogens with zero attached hydrogens (tertiary/aromatic N) is 2. The number of ether oxygens (including phenoxy) is 1. The van der Waals surface area contributed by atoms with Gasteiger partial charge in [-0.1, -0.05) is 0 Å². The summed E-state index contributed by atoms with van der Waals surface area (Å²) < 4.78 is 7.01. The van der Waals surface area contributed by atoms with Crippen LogP contribution in [0, 0.1) is 0 Å². The molecular formula is C12H17N3O4. The molecule has 2 heterocycles. The fourth-order valence-corrected chi connectivity index (χ4v) is 2.00. The van der Waals surface area contributed by atoms with Gasteiger partial charge in [0, 0.05) is 25.9 Å². The maximum atomic E-state index is 11.6. The highest BCUT2D eigenvalue weighted by Crippen LogP contribution is 2.14. The summed E-state index contributed by atoms with van der Waals surface area (Å²) in [7, 11) is 0. The molecule has 7 heteroatoms. The summed E-state index contributed by atoms with van der Waals surface area (Å²) in [5, 5.41) is 11.5. The second-order valence-corrected chi connectivity index (χ2v) is 4.49. The van der Waals surface area contributed by atoms with E-state index in [9.17, 15) is 9.59 Å². The highest BCUT2D eigenvalue weighted by molar-refractivity contribution is 5.84. The van der Waals surface area contributed by atoms with Gasteiger partial charge in [-0.2, -0.15) is 0 Å². The highest BCUT2D eigenvalue weighted by Gasteiger charge is 2.18. The van der Waals surface area contributed by atoms with E-state index in [0.717, 1.165) is 19.4 Å². The van der Waals surface area contributed by atoms with Gasteiger partial charge in [0.05, 0.1) is 18.9 Å². The molecule has 7 nitrogen and oxygen atoms in total. The summed E-state index contributed by atoms with van der Waals surface area (Å²) >= 11 is 0. The lowest BCUT2D eigenvalue weighted by atomic mass is 10.2. The molecule has 1 aromatic rings. The van der Waals surface area contributed by atoms with Crippen LogP contribution >= 0.6 is 0 Å². The zero-order valence-corrected chi connectivity index (χ0v) is 10.5. The van der Waals surface area contributed by atoms with Crippen LogP contribution in [0.1, 0.15) is 29.8 Å². The smallest absolute Gasteiger partial charge is 0.356 e. The molecule has 0 saturated carbocycles. The second-order valence-electron chi connectivity index (χ2n) is 4.49. The molecule has 1 aliphatic heterocycles. The molecule has 1 amide bonds. The molecule has 0 radical (unpaired) electrons. The first-order chi connectivity index (χ1) is 9.15. The van der Waals surface area contributed by atoms with Gasteiger partial charge < -0.3 is 19.7 Å². The van der Waals surface area contributed by atoms with Gasteiger partial charge in [0.15, 0.2) is 5.69 Å². The van der Waals surface area contributed by atoms with Gasteiger partial charge in [-0.05, 0) is 12.8 Å². The SMILES string of the molecule is O=C(CC1CCCO1)NCCn1cnc(C(=O)O)c1. The Kier molecular flexibility index (Phi) is 4.51. The van der Waals surface area contributed by atoms with E-state index in [0.29, 0.717) is 19.5 Å². The minimum absolute atomic E-state index is 0.00526. The number of carbonyl (C=O) groups excluding carboxylic acids is 1. The van der Waals surface area contributed by atoms with Crippen LogP contribution in [0.4, 0.5) is 0 Å². The van der Waals surface area contributed by atoms with Crippen LogP contribution in [-0.2, 0) is 16.1 Å². The number of rotatable bonds is 6. The monoisotopic (exact) mass is 267 g/mol. The van der Waals surface area contributed by atoms with E-state index in [1.807, 2.05) is 0 Å². The highest BCUT2D eigenvalue weighted by atomic mass is 16.5. The Morgan fingerprint density at radius 1 is 1.58 bits per heavy atom. The molecule has 0 bridgehead atoms. The molecule has 2 rings (SSSR count). The lowest BCUT2D eigenvalue weighted by Crippen LogP contribution is -2.29. The Labute approximate surface area is 110 Å². The molecule has 0 aliphatic carbocycles. The van der Waals surface area contributed by atoms with E-state index in [1.54, 1.807) is 4.57 Å². The number of aromatic nitrogens is 2. The summed E-state index contributed by atoms with van der Waals surface area (Å²) in [6.07, 6.45) is 5.28. The van der Waals surface area contributed by atoms with Crippen molar-refractivity contribution in [1.82, 2.24) is 14.9 Å². The molecule has 0 spiro atoms. The van der Waals surface area contributed by atoms with Gasteiger partial charge in [0.1, 0.15) is 0 Å². The fraction of sp³-hybridized carbons (Fsp3) is 0.583. The maximum Gasteiger partial charge on any atom is 0.356 e. The third kappa shape index (κ3) is 4.06. The molecular weight excluding hydrogens is 250 g/mol. The number of carboxylic acids is 1. The van der Waals surface area contributed by atoms with E-state index < -0.39 is 5.97 Å². The predicted octanol–water partition coefficient (Wildman–Crippen LogP) is 0.267. The molecule has 1 aliphatic rings. The zero-order valence-electron chi connectivity index (χ0n) is 10.5. The van der Waals surface area contributed by atoms with Gasteiger partial charge in [-0.15, -0.1) is 0 Å². The molecule has 2 N–H and O–H groups in total. The van der Waals surface area contributed by atoms with Crippen molar-refractivity contribution in [1.29, 1.82) is 0 Å². The van der Waals surface area contributed by atoms with Crippen molar-refractivity contribution in [3.8, 4) is 0 Å². The Bertz CT molecular complexity index is 452. The van der Waals surface area contributed by atoms with Crippen molar-refractivity contribution < 1.29 is 19.4 Å². The summed E-state index contributed by atoms with van der Waals surface area (Å²) in [5.41, 5.74) is 0.00526. The summed E-state index contributed by atoms with van der Waals surface area (Å²) in [4.78, 5) is 26.0. The molecule has 1 atom stereocenters. The quantitative estimate of drug-likeness (QED) is 0.771. The minimum atomic E-state index is -1.05. The molecule has 1 fully saturated rings. The largest absolute Gasteiger partial charge is 0.476 e. The standard InChI is InChI=1S/C12H17N3O4/c16-11(6-9-2-1-5-19-9)13-3-4-15-7-10(12(17)18)14-8-15/h7-9H,1-6H2,(H,13,16)(H,17,18). The van der Waals surface area contributed by atoms with Gasteiger partial charge in [0.2, 0.25) is 5.91 Å². The van der Waals surface area contributed by atoms with Crippen molar-refractivity contribution in [3.63, 3.8) is 0 Å². The summed E-state index contributed by atoms with van der Waals surface area (Å²) in [6.45, 7) is 1.68. The first-order valence-electron chi connectivity index (χ1n) is 6.28. The lowest BCUT2D eigenvalue weighted by Gasteiger charge is -2.09. The minimum Gasteiger partial charge on any atom is -0.476 e. The number of hydrogen-bond donors (Lipinski definition) is 2. The van der Waals surface area contributed by atoms with E-state index >= 15 is 0 Å². The van der Waals surface area contributed by atoms with Gasteiger partial charge >= 0.3 is 5.97 Å². The van der Waals surface area contributed by atoms with Crippen molar-refractivity contribution >= 4 is 11.9 Å². The number of imidazole rings is 1. The van der Waals surface area contributed by atoms with E-state index in [2.05, 4.69) is 10.3 Å². The number of carbonyl (C=O) groups is 2. The average molecular weight is 267 g/mol. The molecule has 0 aromatic carbocycles. The first-order valence-corrected chi connectivity index (χ1v) is 6.28. The molecule has 19 heavy (non-hydrogen) atoms. The van der Waals surface area contributed by atoms with Crippen LogP contribution < -0.4 is 5.32 Å². The predicted molar refractivity (Wildman–Crippen MR) is 65.8 cm³/mol. The normalized spacial score (nSPS) is 18.4. The van der Waals surface area contributed by atoms with Gasteiger partial charge in [-0.25, -0.2) is 9.78 Å². The van der Waals surface area contributed by atoms with Crippen molar-refractivity contribution in [2.75, 3.05) is 13.2 Å². The van der Waals surface area contributed by atoms with E-state index in [-0.39, 0.29) is 17.7 Å². The summed E-state index contributed by atoms with van der Waals surface area (Å²) in [6, 6.07) is 0. The average Bonchev–Trinajstić information content (AvgIpc) is 3.00. The topological polar surface area (TPSA) is 93.5 Å². The van der Waals surface area contributed by atoms with Crippen LogP contribution in [0.3, 0.4) is 0 Å². The van der Waals surface area contributed by atoms with E-state index in [4.69, 9.17) is 9.84 Å². The molecule has 1 saturated heterocycles. The fourth-order valence-electron chi connectivity index (χ4n) is 2.00. The van der Waals surface area contributed by atoms with Crippen molar-refractivity contribution in [2.45, 2.75) is 31.9 Å². The van der Waals surface area contributed by atoms with Crippen LogP contribution in [0.2, 0.25) is 0 Å². The Balaban J connectivity index is 1.67. The first kappa shape index (κ1) is 13.5. The Morgan fingerprint density at radius 2 is 2.42 bits per heavy atom. The Hall–Kier alpha value is -1.89. The number of amides is 1. The maximum absolute atomic E-state index is 11.6. The number of hydrogen-bond acceptors (Lipinski definition) is 4. The van der Waals surface area contributed by atoms with Crippen molar-refractivity contribution in [3.05, 3.63) is 18.2 Å². The van der Waals surface area contributed by atoms with Crippen LogP contribution in [0.15, 0.2) is 12.5 Å². The van der Waals surface area contributed by atoms with E-state index in [1.165, 1.54) is 12.5 Å².